The van der Waals surface area contributed by atoms with E-state index in [1.807, 2.05) is 19.1 Å². The first-order valence-electron chi connectivity index (χ1n) is 11.4. The van der Waals surface area contributed by atoms with Crippen molar-refractivity contribution in [3.05, 3.63) is 64.2 Å². The molecular weight excluding hydrogens is 449 g/mol. The second kappa shape index (κ2) is 8.34. The van der Waals surface area contributed by atoms with E-state index >= 15 is 0 Å². The van der Waals surface area contributed by atoms with Gasteiger partial charge in [-0.3, -0.25) is 0 Å². The van der Waals surface area contributed by atoms with Gasteiger partial charge in [0.25, 0.3) is 6.43 Å². The van der Waals surface area contributed by atoms with Gasteiger partial charge in [0.1, 0.15) is 35.4 Å². The fraction of sp³-hybridized carbons (Fsp3) is 0.480. The molecule has 0 spiro atoms. The second-order valence-electron chi connectivity index (χ2n) is 9.48. The monoisotopic (exact) mass is 476 g/mol. The summed E-state index contributed by atoms with van der Waals surface area (Å²) in [4.78, 5) is 4.36. The lowest BCUT2D eigenvalue weighted by Gasteiger charge is -2.32. The Morgan fingerprint density at radius 1 is 1.18 bits per heavy atom. The first kappa shape index (κ1) is 23.3. The highest BCUT2D eigenvalue weighted by Crippen LogP contribution is 2.46. The summed E-state index contributed by atoms with van der Waals surface area (Å²) in [6.45, 7) is 3.25. The normalized spacial score (nSPS) is 28.0. The lowest BCUT2D eigenvalue weighted by atomic mass is 9.81. The lowest BCUT2D eigenvalue weighted by Crippen LogP contribution is -2.47. The molecule has 1 aromatic carbocycles. The Labute approximate surface area is 194 Å². The Hall–Kier alpha value is -2.46. The molecule has 9 heteroatoms. The molecule has 3 heterocycles. The second-order valence-corrected chi connectivity index (χ2v) is 9.48. The van der Waals surface area contributed by atoms with Crippen molar-refractivity contribution in [3.8, 4) is 0 Å². The van der Waals surface area contributed by atoms with E-state index in [0.717, 1.165) is 23.4 Å². The summed E-state index contributed by atoms with van der Waals surface area (Å²) >= 11 is 0. The van der Waals surface area contributed by atoms with E-state index in [-0.39, 0.29) is 11.1 Å². The number of hydrogen-bond acceptors (Lipinski definition) is 5. The van der Waals surface area contributed by atoms with Crippen LogP contribution in [0.5, 0.6) is 0 Å². The van der Waals surface area contributed by atoms with E-state index in [2.05, 4.69) is 4.98 Å². The Morgan fingerprint density at radius 3 is 2.59 bits per heavy atom. The molecule has 0 radical (unpaired) electrons. The average Bonchev–Trinajstić information content (AvgIpc) is 3.33. The molecule has 34 heavy (non-hydrogen) atoms. The number of aliphatic hydroxyl groups excluding tert-OH is 2. The van der Waals surface area contributed by atoms with Crippen LogP contribution >= 0.6 is 0 Å². The predicted molar refractivity (Wildman–Crippen MR) is 118 cm³/mol. The van der Waals surface area contributed by atoms with Crippen molar-refractivity contribution in [1.29, 1.82) is 0 Å². The number of ether oxygens (including phenoxy) is 1. The van der Waals surface area contributed by atoms with E-state index in [4.69, 9.17) is 4.74 Å². The molecule has 1 aliphatic heterocycles. The van der Waals surface area contributed by atoms with E-state index in [1.54, 1.807) is 17.0 Å². The number of aryl methyl sites for hydroxylation is 1. The lowest BCUT2D eigenvalue weighted by molar-refractivity contribution is -0.115. The summed E-state index contributed by atoms with van der Waals surface area (Å²) in [6, 6.07) is 4.64. The van der Waals surface area contributed by atoms with Crippen molar-refractivity contribution in [3.63, 3.8) is 0 Å². The fourth-order valence-electron chi connectivity index (χ4n) is 5.37. The van der Waals surface area contributed by atoms with E-state index in [1.165, 1.54) is 6.92 Å². The number of aliphatic hydroxyl groups is 3. The zero-order chi connectivity index (χ0) is 24.4. The molecule has 182 valence electrons. The third kappa shape index (κ3) is 3.45. The smallest absolute Gasteiger partial charge is 0.266 e. The molecule has 0 amide bonds. The molecule has 3 aromatic rings. The van der Waals surface area contributed by atoms with Crippen LogP contribution in [-0.2, 0) is 17.6 Å². The number of halogens is 3. The number of nitrogens with zero attached hydrogens (tertiary/aromatic N) is 2. The van der Waals surface area contributed by atoms with Crippen LogP contribution in [0.4, 0.5) is 13.2 Å². The third-order valence-electron chi connectivity index (χ3n) is 7.32. The predicted octanol–water partition coefficient (Wildman–Crippen LogP) is 4.04. The first-order chi connectivity index (χ1) is 16.1. The van der Waals surface area contributed by atoms with Gasteiger partial charge in [0.15, 0.2) is 6.23 Å². The zero-order valence-corrected chi connectivity index (χ0v) is 18.9. The summed E-state index contributed by atoms with van der Waals surface area (Å²) in [6.07, 6.45) is -3.07. The van der Waals surface area contributed by atoms with Gasteiger partial charge < -0.3 is 24.6 Å². The summed E-state index contributed by atoms with van der Waals surface area (Å²) in [5, 5.41) is 34.3. The molecule has 3 N–H and O–H groups in total. The molecule has 2 aliphatic rings. The summed E-state index contributed by atoms with van der Waals surface area (Å²) in [7, 11) is 0. The Balaban J connectivity index is 1.56. The van der Waals surface area contributed by atoms with Crippen LogP contribution < -0.4 is 0 Å². The molecule has 0 bridgehead atoms. The summed E-state index contributed by atoms with van der Waals surface area (Å²) < 4.78 is 49.6. The van der Waals surface area contributed by atoms with Gasteiger partial charge in [0.05, 0.1) is 5.56 Å². The molecule has 5 atom stereocenters. The van der Waals surface area contributed by atoms with Crippen molar-refractivity contribution in [2.24, 2.45) is 0 Å². The van der Waals surface area contributed by atoms with Gasteiger partial charge in [-0.05, 0) is 80.0 Å². The van der Waals surface area contributed by atoms with Crippen LogP contribution in [0.2, 0.25) is 0 Å². The van der Waals surface area contributed by atoms with E-state index in [9.17, 15) is 28.5 Å². The van der Waals surface area contributed by atoms with E-state index < -0.39 is 47.9 Å². The quantitative estimate of drug-likeness (QED) is 0.529. The third-order valence-corrected chi connectivity index (χ3v) is 7.32. The number of hydrogen-bond donors (Lipinski definition) is 3. The largest absolute Gasteiger partial charge is 0.386 e. The van der Waals surface area contributed by atoms with Gasteiger partial charge in [-0.15, -0.1) is 0 Å². The number of alkyl halides is 2. The standard InChI is InChI=1S/C25H27F3N2O4/c1-12-7-9-29-23-13(12)8-10-30(23)24-20(32)25(2,33)21(34-24)19(31)16-11-17(22(27)28)18(26)15-6-4-3-5-14(15)16/h7-11,19-22,24,31-33H,3-6H2,1-2H3/t19-,20-,21+,24+,25-/m0/s1. The van der Waals surface area contributed by atoms with Crippen molar-refractivity contribution in [2.45, 2.75) is 76.1 Å². The number of pyridine rings is 1. The molecule has 0 unspecified atom stereocenters. The average molecular weight is 476 g/mol. The van der Waals surface area contributed by atoms with Crippen LogP contribution in [-0.4, -0.2) is 42.7 Å². The molecule has 5 rings (SSSR count). The SMILES string of the molecule is Cc1ccnc2c1ccn2[C@@H]1O[C@H]([C@@H](O)c2cc(C(F)F)c(F)c3c2CCCC3)[C@@](C)(O)[C@H]1O. The van der Waals surface area contributed by atoms with Gasteiger partial charge in [0, 0.05) is 17.8 Å². The Morgan fingerprint density at radius 2 is 1.88 bits per heavy atom. The Bertz CT molecular complexity index is 1240. The molecule has 1 saturated heterocycles. The maximum absolute atomic E-state index is 14.8. The van der Waals surface area contributed by atoms with Crippen molar-refractivity contribution in [2.75, 3.05) is 0 Å². The maximum atomic E-state index is 14.8. The van der Waals surface area contributed by atoms with Gasteiger partial charge in [-0.1, -0.05) is 0 Å². The highest BCUT2D eigenvalue weighted by Gasteiger charge is 2.56. The van der Waals surface area contributed by atoms with Gasteiger partial charge in [0.2, 0.25) is 0 Å². The van der Waals surface area contributed by atoms with Crippen LogP contribution in [0.15, 0.2) is 30.6 Å². The minimum Gasteiger partial charge on any atom is -0.386 e. The maximum Gasteiger partial charge on any atom is 0.266 e. The number of aromatic nitrogens is 2. The van der Waals surface area contributed by atoms with Crippen molar-refractivity contribution in [1.82, 2.24) is 9.55 Å². The molecule has 1 fully saturated rings. The fourth-order valence-corrected chi connectivity index (χ4v) is 5.37. The van der Waals surface area contributed by atoms with Crippen molar-refractivity contribution < 1.29 is 33.2 Å². The molecule has 1 aliphatic carbocycles. The molecule has 6 nitrogen and oxygen atoms in total. The minimum atomic E-state index is -3.05. The number of benzene rings is 1. The molecule has 0 saturated carbocycles. The number of fused-ring (bicyclic) bond motifs is 2. The van der Waals surface area contributed by atoms with Crippen LogP contribution in [0.1, 0.15) is 66.3 Å². The summed E-state index contributed by atoms with van der Waals surface area (Å²) in [5.74, 6) is -0.932. The van der Waals surface area contributed by atoms with Crippen LogP contribution in [0.3, 0.4) is 0 Å². The summed E-state index contributed by atoms with van der Waals surface area (Å²) in [5.41, 5.74) is -0.431. The van der Waals surface area contributed by atoms with Crippen LogP contribution in [0.25, 0.3) is 11.0 Å². The molecule has 2 aromatic heterocycles. The zero-order valence-electron chi connectivity index (χ0n) is 18.9. The Kier molecular flexibility index (Phi) is 5.71. The topological polar surface area (TPSA) is 87.7 Å². The first-order valence-corrected chi connectivity index (χ1v) is 11.4. The molecular formula is C25H27F3N2O4. The van der Waals surface area contributed by atoms with Crippen molar-refractivity contribution >= 4 is 11.0 Å². The van der Waals surface area contributed by atoms with E-state index in [0.29, 0.717) is 30.5 Å². The van der Waals surface area contributed by atoms with Crippen LogP contribution in [0, 0.1) is 12.7 Å². The van der Waals surface area contributed by atoms with Gasteiger partial charge in [-0.2, -0.15) is 0 Å². The highest BCUT2D eigenvalue weighted by atomic mass is 19.3. The highest BCUT2D eigenvalue weighted by molar-refractivity contribution is 5.79. The van der Waals surface area contributed by atoms with Gasteiger partial charge in [-0.25, -0.2) is 18.2 Å². The van der Waals surface area contributed by atoms with Gasteiger partial charge >= 0.3 is 0 Å². The number of rotatable bonds is 4. The minimum absolute atomic E-state index is 0.107.